The maximum absolute atomic E-state index is 13.6. The van der Waals surface area contributed by atoms with Crippen LogP contribution >= 0.6 is 11.6 Å². The average Bonchev–Trinajstić information content (AvgIpc) is 3.20. The molecule has 1 aliphatic heterocycles. The Hall–Kier alpha value is -2.88. The van der Waals surface area contributed by atoms with Crippen molar-refractivity contribution in [2.45, 2.75) is 44.1 Å². The standard InChI is InChI=1S/C23H26ClN5O4/c1-14-11-28(23(13-33-14)8-18(30)9-23)21(31)16-7-19(32-2)20-26-22(27-29(20)12-16)25-10-15-4-3-5-17(24)6-15/h3-7,12,14,18,30H,8-11,13H2,1-2H3,(H,25,27)/t14-,18?,23?/m1/s1. The first kappa shape index (κ1) is 21.9. The molecule has 3 heterocycles. The minimum Gasteiger partial charge on any atom is -0.493 e. The quantitative estimate of drug-likeness (QED) is 0.590. The van der Waals surface area contributed by atoms with Gasteiger partial charge in [-0.3, -0.25) is 4.79 Å². The number of hydrogen-bond acceptors (Lipinski definition) is 7. The number of hydrogen-bond donors (Lipinski definition) is 2. The second kappa shape index (κ2) is 8.48. The van der Waals surface area contributed by atoms with Gasteiger partial charge in [-0.05, 0) is 43.5 Å². The summed E-state index contributed by atoms with van der Waals surface area (Å²) in [5.74, 6) is 0.728. The number of rotatable bonds is 5. The monoisotopic (exact) mass is 471 g/mol. The molecule has 0 unspecified atom stereocenters. The van der Waals surface area contributed by atoms with Crippen LogP contribution in [0, 0.1) is 0 Å². The van der Waals surface area contributed by atoms with Gasteiger partial charge in [-0.15, -0.1) is 5.10 Å². The van der Waals surface area contributed by atoms with E-state index in [-0.39, 0.29) is 12.0 Å². The number of aromatic nitrogens is 3. The molecule has 1 saturated carbocycles. The first-order chi connectivity index (χ1) is 15.9. The van der Waals surface area contributed by atoms with Gasteiger partial charge in [-0.1, -0.05) is 23.7 Å². The largest absolute Gasteiger partial charge is 0.493 e. The Balaban J connectivity index is 1.42. The number of morpholine rings is 1. The van der Waals surface area contributed by atoms with E-state index in [9.17, 15) is 9.90 Å². The summed E-state index contributed by atoms with van der Waals surface area (Å²) in [5.41, 5.74) is 1.49. The highest BCUT2D eigenvalue weighted by Crippen LogP contribution is 2.42. The lowest BCUT2D eigenvalue weighted by Crippen LogP contribution is -2.68. The van der Waals surface area contributed by atoms with Gasteiger partial charge in [0, 0.05) is 24.3 Å². The summed E-state index contributed by atoms with van der Waals surface area (Å²) in [5, 5.41) is 18.3. The van der Waals surface area contributed by atoms with Crippen LogP contribution in [0.3, 0.4) is 0 Å². The third kappa shape index (κ3) is 4.12. The molecule has 0 bridgehead atoms. The lowest BCUT2D eigenvalue weighted by Gasteiger charge is -2.55. The minimum absolute atomic E-state index is 0.0726. The number of methoxy groups -OCH3 is 1. The van der Waals surface area contributed by atoms with Gasteiger partial charge in [0.2, 0.25) is 5.95 Å². The molecule has 1 spiro atoms. The molecule has 1 saturated heterocycles. The molecule has 3 aromatic rings. The van der Waals surface area contributed by atoms with Crippen molar-refractivity contribution in [3.63, 3.8) is 0 Å². The number of halogens is 1. The predicted octanol–water partition coefficient (Wildman–Crippen LogP) is 2.76. The molecule has 1 aromatic carbocycles. The Labute approximate surface area is 196 Å². The summed E-state index contributed by atoms with van der Waals surface area (Å²) in [6.07, 6.45) is 2.23. The van der Waals surface area contributed by atoms with Crippen molar-refractivity contribution in [3.05, 3.63) is 52.7 Å². The van der Waals surface area contributed by atoms with E-state index in [0.717, 1.165) is 5.56 Å². The first-order valence-electron chi connectivity index (χ1n) is 10.9. The second-order valence-electron chi connectivity index (χ2n) is 8.81. The topological polar surface area (TPSA) is 101 Å². The van der Waals surface area contributed by atoms with Gasteiger partial charge >= 0.3 is 0 Å². The molecule has 2 aromatic heterocycles. The van der Waals surface area contributed by atoms with Crippen molar-refractivity contribution < 1.29 is 19.4 Å². The average molecular weight is 472 g/mol. The number of fused-ring (bicyclic) bond motifs is 1. The van der Waals surface area contributed by atoms with Gasteiger partial charge in [-0.25, -0.2) is 4.52 Å². The molecule has 174 valence electrons. The van der Waals surface area contributed by atoms with E-state index in [1.807, 2.05) is 36.1 Å². The summed E-state index contributed by atoms with van der Waals surface area (Å²) in [6.45, 7) is 3.34. The van der Waals surface area contributed by atoms with Crippen LogP contribution in [0.15, 0.2) is 36.5 Å². The van der Waals surface area contributed by atoms with E-state index in [2.05, 4.69) is 15.4 Å². The number of carbonyl (C=O) groups excluding carboxylic acids is 1. The summed E-state index contributed by atoms with van der Waals surface area (Å²) in [4.78, 5) is 19.9. The fourth-order valence-electron chi connectivity index (χ4n) is 4.61. The SMILES string of the molecule is COc1cc(C(=O)N2C[C@@H](C)OCC23CC(O)C3)cn2nc(NCc3cccc(Cl)c3)nc12. The van der Waals surface area contributed by atoms with Crippen LogP contribution in [0.5, 0.6) is 5.75 Å². The van der Waals surface area contributed by atoms with E-state index in [1.165, 1.54) is 7.11 Å². The molecule has 0 radical (unpaired) electrons. The molecule has 2 N–H and O–H groups in total. The minimum atomic E-state index is -0.461. The summed E-state index contributed by atoms with van der Waals surface area (Å²) in [7, 11) is 1.54. The highest BCUT2D eigenvalue weighted by Gasteiger charge is 2.53. The number of ether oxygens (including phenoxy) is 2. The third-order valence-electron chi connectivity index (χ3n) is 6.33. The van der Waals surface area contributed by atoms with E-state index >= 15 is 0 Å². The Morgan fingerprint density at radius 2 is 2.21 bits per heavy atom. The van der Waals surface area contributed by atoms with Crippen molar-refractivity contribution in [1.29, 1.82) is 0 Å². The molecule has 1 amide bonds. The van der Waals surface area contributed by atoms with Crippen LogP contribution in [0.2, 0.25) is 5.02 Å². The summed E-state index contributed by atoms with van der Waals surface area (Å²) < 4.78 is 12.9. The highest BCUT2D eigenvalue weighted by atomic mass is 35.5. The van der Waals surface area contributed by atoms with E-state index < -0.39 is 11.6 Å². The van der Waals surface area contributed by atoms with Crippen LogP contribution < -0.4 is 10.1 Å². The fourth-order valence-corrected chi connectivity index (χ4v) is 4.83. The van der Waals surface area contributed by atoms with Gasteiger partial charge < -0.3 is 24.8 Å². The Bertz CT molecular complexity index is 1190. The second-order valence-corrected chi connectivity index (χ2v) is 9.24. The summed E-state index contributed by atoms with van der Waals surface area (Å²) in [6, 6.07) is 9.23. The van der Waals surface area contributed by atoms with E-state index in [4.69, 9.17) is 21.1 Å². The number of pyridine rings is 1. The number of aliphatic hydroxyl groups is 1. The van der Waals surface area contributed by atoms with Crippen molar-refractivity contribution in [2.75, 3.05) is 25.6 Å². The zero-order valence-corrected chi connectivity index (χ0v) is 19.2. The van der Waals surface area contributed by atoms with Crippen LogP contribution in [0.4, 0.5) is 5.95 Å². The number of nitrogens with zero attached hydrogens (tertiary/aromatic N) is 4. The molecule has 1 aliphatic carbocycles. The Kier molecular flexibility index (Phi) is 5.64. The van der Waals surface area contributed by atoms with Crippen LogP contribution in [-0.4, -0.2) is 68.5 Å². The van der Waals surface area contributed by atoms with Gasteiger partial charge in [0.25, 0.3) is 5.91 Å². The molecular weight excluding hydrogens is 446 g/mol. The zero-order chi connectivity index (χ0) is 23.2. The fraction of sp³-hybridized carbons (Fsp3) is 0.435. The molecule has 2 aliphatic rings. The number of aliphatic hydroxyl groups excluding tert-OH is 1. The molecule has 2 fully saturated rings. The van der Waals surface area contributed by atoms with Gasteiger partial charge in [0.1, 0.15) is 0 Å². The molecule has 9 nitrogen and oxygen atoms in total. The predicted molar refractivity (Wildman–Crippen MR) is 123 cm³/mol. The highest BCUT2D eigenvalue weighted by molar-refractivity contribution is 6.30. The Morgan fingerprint density at radius 1 is 1.39 bits per heavy atom. The van der Waals surface area contributed by atoms with Crippen LogP contribution in [0.1, 0.15) is 35.7 Å². The third-order valence-corrected chi connectivity index (χ3v) is 6.57. The molecular formula is C23H26ClN5O4. The number of anilines is 1. The number of benzene rings is 1. The van der Waals surface area contributed by atoms with Gasteiger partial charge in [0.15, 0.2) is 11.4 Å². The molecule has 1 atom stereocenters. The number of amides is 1. The number of carbonyl (C=O) groups is 1. The zero-order valence-electron chi connectivity index (χ0n) is 18.5. The van der Waals surface area contributed by atoms with Crippen molar-refractivity contribution in [1.82, 2.24) is 19.5 Å². The maximum atomic E-state index is 13.6. The molecule has 33 heavy (non-hydrogen) atoms. The van der Waals surface area contributed by atoms with Crippen molar-refractivity contribution in [2.24, 2.45) is 0 Å². The van der Waals surface area contributed by atoms with E-state index in [0.29, 0.717) is 60.5 Å². The normalized spacial score (nSPS) is 24.7. The van der Waals surface area contributed by atoms with Crippen molar-refractivity contribution >= 4 is 29.1 Å². The van der Waals surface area contributed by atoms with Crippen molar-refractivity contribution in [3.8, 4) is 5.75 Å². The van der Waals surface area contributed by atoms with E-state index in [1.54, 1.807) is 16.8 Å². The number of nitrogens with one attached hydrogen (secondary N) is 1. The Morgan fingerprint density at radius 3 is 2.94 bits per heavy atom. The summed E-state index contributed by atoms with van der Waals surface area (Å²) >= 11 is 6.06. The maximum Gasteiger partial charge on any atom is 0.256 e. The smallest absolute Gasteiger partial charge is 0.256 e. The lowest BCUT2D eigenvalue weighted by atomic mass is 9.72. The molecule has 10 heteroatoms. The van der Waals surface area contributed by atoms with Crippen LogP contribution in [-0.2, 0) is 11.3 Å². The van der Waals surface area contributed by atoms with Gasteiger partial charge in [-0.2, -0.15) is 4.98 Å². The lowest BCUT2D eigenvalue weighted by molar-refractivity contribution is -0.154. The van der Waals surface area contributed by atoms with Gasteiger partial charge in [0.05, 0.1) is 37.0 Å². The first-order valence-corrected chi connectivity index (χ1v) is 11.3. The molecule has 5 rings (SSSR count). The van der Waals surface area contributed by atoms with Crippen LogP contribution in [0.25, 0.3) is 5.65 Å².